The molecule has 1 aliphatic heterocycles. The van der Waals surface area contributed by atoms with E-state index >= 15 is 0 Å². The second-order valence-electron chi connectivity index (χ2n) is 8.88. The molecule has 0 N–H and O–H groups in total. The van der Waals surface area contributed by atoms with Gasteiger partial charge < -0.3 is 14.2 Å². The lowest BCUT2D eigenvalue weighted by atomic mass is 9.91. The molecule has 0 aromatic carbocycles. The van der Waals surface area contributed by atoms with Crippen molar-refractivity contribution in [1.82, 2.24) is 9.47 Å². The van der Waals surface area contributed by atoms with Crippen LogP contribution in [0, 0.1) is 6.92 Å². The number of nitrogens with zero attached hydrogens (tertiary/aromatic N) is 2. The first kappa shape index (κ1) is 19.7. The van der Waals surface area contributed by atoms with E-state index in [1.165, 1.54) is 19.3 Å². The maximum absolute atomic E-state index is 13.1. The van der Waals surface area contributed by atoms with Crippen molar-refractivity contribution in [2.75, 3.05) is 13.7 Å². The Bertz CT molecular complexity index is 740. The molecule has 1 atom stereocenters. The quantitative estimate of drug-likeness (QED) is 0.773. The van der Waals surface area contributed by atoms with Gasteiger partial charge in [-0.3, -0.25) is 9.59 Å². The Kier molecular flexibility index (Phi) is 5.91. The van der Waals surface area contributed by atoms with Crippen molar-refractivity contribution in [3.63, 3.8) is 0 Å². The molecule has 1 aromatic rings. The van der Waals surface area contributed by atoms with Crippen molar-refractivity contribution < 1.29 is 14.3 Å². The van der Waals surface area contributed by atoms with Gasteiger partial charge in [0.1, 0.15) is 0 Å². The second-order valence-corrected chi connectivity index (χ2v) is 8.88. The van der Waals surface area contributed by atoms with E-state index < -0.39 is 0 Å². The lowest BCUT2D eigenvalue weighted by Gasteiger charge is -2.31. The van der Waals surface area contributed by atoms with E-state index in [4.69, 9.17) is 4.74 Å². The van der Waals surface area contributed by atoms with E-state index in [0.29, 0.717) is 18.9 Å². The molecular formula is C23H34N2O3. The number of ether oxygens (including phenoxy) is 1. The van der Waals surface area contributed by atoms with Crippen LogP contribution in [0.2, 0.25) is 0 Å². The first-order valence-electron chi connectivity index (χ1n) is 11.2. The van der Waals surface area contributed by atoms with E-state index in [0.717, 1.165) is 74.2 Å². The molecule has 28 heavy (non-hydrogen) atoms. The van der Waals surface area contributed by atoms with Crippen molar-refractivity contribution in [2.24, 2.45) is 0 Å². The monoisotopic (exact) mass is 386 g/mol. The fourth-order valence-corrected chi connectivity index (χ4v) is 5.39. The summed E-state index contributed by atoms with van der Waals surface area (Å²) in [6.07, 6.45) is 11.2. The zero-order valence-corrected chi connectivity index (χ0v) is 17.5. The zero-order valence-electron chi connectivity index (χ0n) is 17.5. The number of rotatable bonds is 5. The minimum absolute atomic E-state index is 0.158. The molecule has 1 aromatic heterocycles. The maximum Gasteiger partial charge on any atom is 0.227 e. The highest BCUT2D eigenvalue weighted by Gasteiger charge is 2.32. The van der Waals surface area contributed by atoms with Gasteiger partial charge in [0.25, 0.3) is 0 Å². The van der Waals surface area contributed by atoms with E-state index in [-0.39, 0.29) is 17.8 Å². The Labute approximate surface area is 168 Å². The van der Waals surface area contributed by atoms with Crippen molar-refractivity contribution in [1.29, 1.82) is 0 Å². The highest BCUT2D eigenvalue weighted by molar-refractivity contribution is 6.01. The summed E-state index contributed by atoms with van der Waals surface area (Å²) in [4.78, 5) is 27.8. The summed E-state index contributed by atoms with van der Waals surface area (Å²) < 4.78 is 8.15. The predicted molar refractivity (Wildman–Crippen MR) is 109 cm³/mol. The van der Waals surface area contributed by atoms with Gasteiger partial charge in [-0.25, -0.2) is 0 Å². The molecular weight excluding hydrogens is 352 g/mol. The summed E-state index contributed by atoms with van der Waals surface area (Å²) in [7, 11) is 1.95. The van der Waals surface area contributed by atoms with E-state index in [1.807, 2.05) is 11.9 Å². The third kappa shape index (κ3) is 3.78. The summed E-state index contributed by atoms with van der Waals surface area (Å²) in [6.45, 7) is 3.74. The predicted octanol–water partition coefficient (Wildman–Crippen LogP) is 3.83. The van der Waals surface area contributed by atoms with E-state index in [1.54, 1.807) is 0 Å². The second kappa shape index (κ2) is 8.40. The fraction of sp³-hybridized carbons (Fsp3) is 0.739. The number of amides is 1. The van der Waals surface area contributed by atoms with Gasteiger partial charge in [-0.1, -0.05) is 19.3 Å². The minimum Gasteiger partial charge on any atom is -0.376 e. The average molecular weight is 387 g/mol. The van der Waals surface area contributed by atoms with Gasteiger partial charge in [-0.05, 0) is 51.0 Å². The van der Waals surface area contributed by atoms with Crippen LogP contribution in [0.5, 0.6) is 0 Å². The third-order valence-electron chi connectivity index (χ3n) is 7.11. The highest BCUT2D eigenvalue weighted by Crippen LogP contribution is 2.32. The Morgan fingerprint density at radius 3 is 2.61 bits per heavy atom. The highest BCUT2D eigenvalue weighted by atomic mass is 16.5. The lowest BCUT2D eigenvalue weighted by Crippen LogP contribution is -2.39. The van der Waals surface area contributed by atoms with Crippen LogP contribution in [0.25, 0.3) is 0 Å². The number of ketones is 1. The van der Waals surface area contributed by atoms with Crippen molar-refractivity contribution in [3.05, 3.63) is 22.5 Å². The van der Waals surface area contributed by atoms with Gasteiger partial charge >= 0.3 is 0 Å². The van der Waals surface area contributed by atoms with Crippen LogP contribution in [0.4, 0.5) is 0 Å². The number of Topliss-reactive ketones (excluding diaryl/α,β-unsaturated/α-hetero) is 1. The molecule has 2 heterocycles. The zero-order chi connectivity index (χ0) is 19.7. The molecule has 1 saturated carbocycles. The van der Waals surface area contributed by atoms with Gasteiger partial charge in [0.15, 0.2) is 5.78 Å². The maximum atomic E-state index is 13.1. The van der Waals surface area contributed by atoms with Crippen LogP contribution >= 0.6 is 0 Å². The number of carbonyl (C=O) groups is 2. The number of carbonyl (C=O) groups excluding carboxylic acids is 2. The SMILES string of the molecule is Cc1c(CC(=O)N(C)C2CCCCC2)c2c(n1C[C@H]1CCCO1)CCCC2=O. The van der Waals surface area contributed by atoms with Crippen LogP contribution < -0.4 is 0 Å². The lowest BCUT2D eigenvalue weighted by molar-refractivity contribution is -0.131. The molecule has 1 amide bonds. The van der Waals surface area contributed by atoms with Crippen molar-refractivity contribution in [2.45, 2.75) is 96.2 Å². The first-order chi connectivity index (χ1) is 13.6. The minimum atomic E-state index is 0.158. The Hall–Kier alpha value is -1.62. The Morgan fingerprint density at radius 1 is 1.11 bits per heavy atom. The van der Waals surface area contributed by atoms with Gasteiger partial charge in [-0.2, -0.15) is 0 Å². The molecule has 0 spiro atoms. The third-order valence-corrected chi connectivity index (χ3v) is 7.11. The molecule has 0 radical (unpaired) electrons. The summed E-state index contributed by atoms with van der Waals surface area (Å²) >= 11 is 0. The van der Waals surface area contributed by atoms with Gasteiger partial charge in [-0.15, -0.1) is 0 Å². The van der Waals surface area contributed by atoms with Crippen LogP contribution in [0.15, 0.2) is 0 Å². The molecule has 1 saturated heterocycles. The molecule has 3 aliphatic rings. The first-order valence-corrected chi connectivity index (χ1v) is 11.2. The fourth-order valence-electron chi connectivity index (χ4n) is 5.39. The van der Waals surface area contributed by atoms with Gasteiger partial charge in [0.05, 0.1) is 12.5 Å². The smallest absolute Gasteiger partial charge is 0.227 e. The van der Waals surface area contributed by atoms with Gasteiger partial charge in [0, 0.05) is 49.6 Å². The molecule has 5 nitrogen and oxygen atoms in total. The standard InChI is InChI=1S/C23H34N2O3/c1-16-19(14-22(27)24(2)17-8-4-3-5-9-17)23-20(11-6-12-21(23)26)25(16)15-18-10-7-13-28-18/h17-18H,3-15H2,1-2H3/t18-/m1/s1. The number of likely N-dealkylation sites (N-methyl/N-ethyl adjacent to an activating group) is 1. The van der Waals surface area contributed by atoms with Crippen LogP contribution in [-0.4, -0.2) is 47.0 Å². The summed E-state index contributed by atoms with van der Waals surface area (Å²) in [5.74, 6) is 0.379. The summed E-state index contributed by atoms with van der Waals surface area (Å²) in [5.41, 5.74) is 4.08. The van der Waals surface area contributed by atoms with Crippen LogP contribution in [0.3, 0.4) is 0 Å². The van der Waals surface area contributed by atoms with Crippen molar-refractivity contribution >= 4 is 11.7 Å². The number of aromatic nitrogens is 1. The number of fused-ring (bicyclic) bond motifs is 1. The Balaban J connectivity index is 1.59. The van der Waals surface area contributed by atoms with Crippen LogP contribution in [-0.2, 0) is 28.9 Å². The molecule has 2 fully saturated rings. The largest absolute Gasteiger partial charge is 0.376 e. The van der Waals surface area contributed by atoms with Crippen molar-refractivity contribution in [3.8, 4) is 0 Å². The normalized spacial score (nSPS) is 23.1. The average Bonchev–Trinajstić information content (AvgIpc) is 3.31. The topological polar surface area (TPSA) is 51.5 Å². The Morgan fingerprint density at radius 2 is 1.89 bits per heavy atom. The molecule has 4 rings (SSSR count). The van der Waals surface area contributed by atoms with Gasteiger partial charge in [0.2, 0.25) is 5.91 Å². The molecule has 154 valence electrons. The summed E-state index contributed by atoms with van der Waals surface area (Å²) in [5, 5.41) is 0. The summed E-state index contributed by atoms with van der Waals surface area (Å²) in [6, 6.07) is 0.363. The van der Waals surface area contributed by atoms with E-state index in [9.17, 15) is 9.59 Å². The number of hydrogen-bond acceptors (Lipinski definition) is 3. The molecule has 0 unspecified atom stereocenters. The number of hydrogen-bond donors (Lipinski definition) is 0. The van der Waals surface area contributed by atoms with Crippen LogP contribution in [0.1, 0.15) is 85.1 Å². The molecule has 0 bridgehead atoms. The molecule has 5 heteroatoms. The molecule has 2 aliphatic carbocycles. The van der Waals surface area contributed by atoms with E-state index in [2.05, 4.69) is 11.5 Å².